The molecule has 0 radical (unpaired) electrons. The Balaban J connectivity index is 1.60. The van der Waals surface area contributed by atoms with Crippen molar-refractivity contribution in [3.05, 3.63) is 51.5 Å². The minimum Gasteiger partial charge on any atom is -0.495 e. The first-order valence-corrected chi connectivity index (χ1v) is 9.89. The SMILES string of the molecule is COc1ccc(N=Cc2ccc(OCC(=O)N3CCOCC3)c(Br)c2)cc1Cl. The molecule has 8 heteroatoms. The maximum Gasteiger partial charge on any atom is 0.260 e. The van der Waals surface area contributed by atoms with Gasteiger partial charge in [0.1, 0.15) is 11.5 Å². The molecule has 1 saturated heterocycles. The first-order chi connectivity index (χ1) is 13.6. The van der Waals surface area contributed by atoms with Crippen molar-refractivity contribution in [3.63, 3.8) is 0 Å². The van der Waals surface area contributed by atoms with Crippen LogP contribution in [0.25, 0.3) is 0 Å². The number of hydrogen-bond donors (Lipinski definition) is 0. The number of rotatable bonds is 6. The minimum absolute atomic E-state index is 0.00359. The van der Waals surface area contributed by atoms with Crippen molar-refractivity contribution in [2.45, 2.75) is 0 Å². The maximum atomic E-state index is 12.2. The number of aliphatic imine (C=N–C) groups is 1. The van der Waals surface area contributed by atoms with E-state index in [9.17, 15) is 4.79 Å². The lowest BCUT2D eigenvalue weighted by atomic mass is 10.2. The normalized spacial score (nSPS) is 14.3. The Hall–Kier alpha value is -2.09. The van der Waals surface area contributed by atoms with E-state index in [1.165, 1.54) is 0 Å². The van der Waals surface area contributed by atoms with Gasteiger partial charge in [0.15, 0.2) is 6.61 Å². The van der Waals surface area contributed by atoms with Gasteiger partial charge >= 0.3 is 0 Å². The minimum atomic E-state index is -0.0442. The predicted octanol–water partition coefficient (Wildman–Crippen LogP) is 4.10. The zero-order chi connectivity index (χ0) is 19.9. The van der Waals surface area contributed by atoms with E-state index in [0.717, 1.165) is 15.7 Å². The summed E-state index contributed by atoms with van der Waals surface area (Å²) in [5, 5.41) is 0.506. The maximum absolute atomic E-state index is 12.2. The molecule has 1 heterocycles. The molecule has 1 aliphatic rings. The Morgan fingerprint density at radius 3 is 2.68 bits per heavy atom. The van der Waals surface area contributed by atoms with Crippen LogP contribution >= 0.6 is 27.5 Å². The first-order valence-electron chi connectivity index (χ1n) is 8.72. The van der Waals surface area contributed by atoms with Crippen molar-refractivity contribution in [2.24, 2.45) is 4.99 Å². The number of carbonyl (C=O) groups excluding carboxylic acids is 1. The van der Waals surface area contributed by atoms with Crippen molar-refractivity contribution in [1.82, 2.24) is 4.90 Å². The average Bonchev–Trinajstić information content (AvgIpc) is 2.72. The molecule has 148 valence electrons. The number of halogens is 2. The summed E-state index contributed by atoms with van der Waals surface area (Å²) in [5.41, 5.74) is 1.60. The molecule has 2 aromatic carbocycles. The van der Waals surface area contributed by atoms with E-state index in [1.54, 1.807) is 36.4 Å². The number of hydrogen-bond acceptors (Lipinski definition) is 5. The molecule has 0 N–H and O–H groups in total. The van der Waals surface area contributed by atoms with E-state index in [2.05, 4.69) is 20.9 Å². The van der Waals surface area contributed by atoms with Crippen LogP contribution in [0.3, 0.4) is 0 Å². The standard InChI is InChI=1S/C20H20BrClN2O4/c1-26-19-5-3-15(11-17(19)22)23-12-14-2-4-18(16(21)10-14)28-13-20(25)24-6-8-27-9-7-24/h2-5,10-12H,6-9,13H2,1H3. The molecule has 0 aliphatic carbocycles. The van der Waals surface area contributed by atoms with Crippen LogP contribution in [0.4, 0.5) is 5.69 Å². The summed E-state index contributed by atoms with van der Waals surface area (Å²) in [5.74, 6) is 1.17. The Morgan fingerprint density at radius 1 is 1.25 bits per heavy atom. The summed E-state index contributed by atoms with van der Waals surface area (Å²) >= 11 is 9.59. The van der Waals surface area contributed by atoms with Gasteiger partial charge < -0.3 is 19.1 Å². The van der Waals surface area contributed by atoms with Crippen molar-refractivity contribution in [2.75, 3.05) is 40.0 Å². The number of amides is 1. The summed E-state index contributed by atoms with van der Waals surface area (Å²) in [6.45, 7) is 2.35. The molecule has 1 aliphatic heterocycles. The van der Waals surface area contributed by atoms with Gasteiger partial charge in [-0.05, 0) is 57.9 Å². The monoisotopic (exact) mass is 466 g/mol. The highest BCUT2D eigenvalue weighted by Crippen LogP contribution is 2.29. The van der Waals surface area contributed by atoms with Gasteiger partial charge in [-0.1, -0.05) is 11.6 Å². The summed E-state index contributed by atoms with van der Waals surface area (Å²) in [6.07, 6.45) is 1.73. The lowest BCUT2D eigenvalue weighted by Gasteiger charge is -2.26. The summed E-state index contributed by atoms with van der Waals surface area (Å²) in [4.78, 5) is 18.3. The predicted molar refractivity (Wildman–Crippen MR) is 112 cm³/mol. The van der Waals surface area contributed by atoms with Crippen molar-refractivity contribution < 1.29 is 19.0 Å². The van der Waals surface area contributed by atoms with Crippen LogP contribution in [0, 0.1) is 0 Å². The number of carbonyl (C=O) groups is 1. The second kappa shape index (κ2) is 9.91. The molecule has 3 rings (SSSR count). The smallest absolute Gasteiger partial charge is 0.260 e. The molecular weight excluding hydrogens is 448 g/mol. The highest BCUT2D eigenvalue weighted by molar-refractivity contribution is 9.10. The van der Waals surface area contributed by atoms with Crippen LogP contribution < -0.4 is 9.47 Å². The molecular formula is C20H20BrClN2O4. The molecule has 0 unspecified atom stereocenters. The van der Waals surface area contributed by atoms with Crippen LogP contribution in [-0.2, 0) is 9.53 Å². The number of benzene rings is 2. The summed E-state index contributed by atoms with van der Waals surface area (Å²) in [7, 11) is 1.57. The molecule has 1 amide bonds. The molecule has 2 aromatic rings. The van der Waals surface area contributed by atoms with E-state index in [1.807, 2.05) is 18.2 Å². The largest absolute Gasteiger partial charge is 0.495 e. The van der Waals surface area contributed by atoms with E-state index in [0.29, 0.717) is 42.8 Å². The fraction of sp³-hybridized carbons (Fsp3) is 0.300. The zero-order valence-corrected chi connectivity index (χ0v) is 17.7. The molecule has 0 aromatic heterocycles. The van der Waals surface area contributed by atoms with Gasteiger partial charge in [0.2, 0.25) is 0 Å². The third-order valence-corrected chi connectivity index (χ3v) is 5.08. The van der Waals surface area contributed by atoms with Gasteiger partial charge in [-0.2, -0.15) is 0 Å². The van der Waals surface area contributed by atoms with Gasteiger partial charge in [0.25, 0.3) is 5.91 Å². The second-order valence-corrected chi connectivity index (χ2v) is 7.31. The third-order valence-electron chi connectivity index (χ3n) is 4.17. The van der Waals surface area contributed by atoms with Crippen molar-refractivity contribution >= 4 is 45.3 Å². The molecule has 1 fully saturated rings. The third kappa shape index (κ3) is 5.47. The van der Waals surface area contributed by atoms with Crippen LogP contribution in [0.1, 0.15) is 5.56 Å². The van der Waals surface area contributed by atoms with E-state index < -0.39 is 0 Å². The number of morpholine rings is 1. The van der Waals surface area contributed by atoms with Crippen LogP contribution in [0.5, 0.6) is 11.5 Å². The molecule has 0 saturated carbocycles. The van der Waals surface area contributed by atoms with Crippen molar-refractivity contribution in [1.29, 1.82) is 0 Å². The highest BCUT2D eigenvalue weighted by atomic mass is 79.9. The Kier molecular flexibility index (Phi) is 7.30. The first kappa shape index (κ1) is 20.6. The van der Waals surface area contributed by atoms with E-state index >= 15 is 0 Å². The van der Waals surface area contributed by atoms with Crippen LogP contribution in [0.2, 0.25) is 5.02 Å². The lowest BCUT2D eigenvalue weighted by molar-refractivity contribution is -0.137. The quantitative estimate of drug-likeness (QED) is 0.600. The molecule has 28 heavy (non-hydrogen) atoms. The van der Waals surface area contributed by atoms with Gasteiger partial charge in [-0.25, -0.2) is 0 Å². The van der Waals surface area contributed by atoms with Gasteiger partial charge in [0.05, 0.1) is 35.5 Å². The van der Waals surface area contributed by atoms with Gasteiger partial charge in [-0.3, -0.25) is 9.79 Å². The number of nitrogens with zero attached hydrogens (tertiary/aromatic N) is 2. The van der Waals surface area contributed by atoms with E-state index in [4.69, 9.17) is 25.8 Å². The van der Waals surface area contributed by atoms with Crippen molar-refractivity contribution in [3.8, 4) is 11.5 Å². The van der Waals surface area contributed by atoms with Gasteiger partial charge in [-0.15, -0.1) is 0 Å². The molecule has 0 atom stereocenters. The Morgan fingerprint density at radius 2 is 2.00 bits per heavy atom. The number of methoxy groups -OCH3 is 1. The second-order valence-electron chi connectivity index (χ2n) is 6.05. The average molecular weight is 468 g/mol. The Bertz CT molecular complexity index is 869. The summed E-state index contributed by atoms with van der Waals surface area (Å²) < 4.78 is 16.8. The van der Waals surface area contributed by atoms with Crippen LogP contribution in [0.15, 0.2) is 45.9 Å². The summed E-state index contributed by atoms with van der Waals surface area (Å²) in [6, 6.07) is 10.9. The molecule has 0 spiro atoms. The molecule has 0 bridgehead atoms. The highest BCUT2D eigenvalue weighted by Gasteiger charge is 2.17. The van der Waals surface area contributed by atoms with Crippen LogP contribution in [-0.4, -0.2) is 57.0 Å². The Labute approximate surface area is 177 Å². The molecule has 6 nitrogen and oxygen atoms in total. The lowest BCUT2D eigenvalue weighted by Crippen LogP contribution is -2.43. The fourth-order valence-electron chi connectivity index (χ4n) is 2.64. The van der Waals surface area contributed by atoms with E-state index in [-0.39, 0.29) is 12.5 Å². The number of ether oxygens (including phenoxy) is 3. The van der Waals surface area contributed by atoms with Gasteiger partial charge in [0, 0.05) is 19.3 Å². The fourth-order valence-corrected chi connectivity index (χ4v) is 3.41. The topological polar surface area (TPSA) is 60.4 Å². The zero-order valence-electron chi connectivity index (χ0n) is 15.4.